The molecule has 0 fully saturated rings. The normalized spacial score (nSPS) is 26.3. The summed E-state index contributed by atoms with van der Waals surface area (Å²) >= 11 is 0. The van der Waals surface area contributed by atoms with Crippen molar-refractivity contribution in [1.29, 1.82) is 0 Å². The van der Waals surface area contributed by atoms with Crippen molar-refractivity contribution < 1.29 is 25.3 Å². The monoisotopic (exact) mass is 274 g/mol. The average Bonchev–Trinajstić information content (AvgIpc) is 2.98. The molecule has 0 saturated heterocycles. The first-order valence-corrected chi connectivity index (χ1v) is 5.23. The van der Waals surface area contributed by atoms with Gasteiger partial charge in [-0.2, -0.15) is 5.10 Å². The minimum atomic E-state index is -3.11. The summed E-state index contributed by atoms with van der Waals surface area (Å²) in [5, 5.41) is 3.46. The summed E-state index contributed by atoms with van der Waals surface area (Å²) in [5.41, 5.74) is -1.46. The molecule has 0 amide bonds. The van der Waals surface area contributed by atoms with E-state index in [0.29, 0.717) is 4.90 Å². The second kappa shape index (κ2) is 6.50. The van der Waals surface area contributed by atoms with Gasteiger partial charge in [0.1, 0.15) is 6.10 Å². The molecule has 0 radical (unpaired) electrons. The Morgan fingerprint density at radius 3 is 3.05 bits per heavy atom. The summed E-state index contributed by atoms with van der Waals surface area (Å²) in [6.07, 6.45) is -2.97. The van der Waals surface area contributed by atoms with Crippen LogP contribution in [-0.4, -0.2) is 41.8 Å². The number of hydrogen-bond donors (Lipinski definition) is 0. The Balaban J connectivity index is 2.84. The number of aromatic nitrogens is 2. The Bertz CT molecular complexity index is 1050. The molecule has 4 nitrogen and oxygen atoms in total. The van der Waals surface area contributed by atoms with Gasteiger partial charge in [0.2, 0.25) is 0 Å². The van der Waals surface area contributed by atoms with E-state index in [0.717, 1.165) is 7.05 Å². The van der Waals surface area contributed by atoms with Crippen molar-refractivity contribution in [2.75, 3.05) is 27.1 Å². The van der Waals surface area contributed by atoms with E-state index in [1.807, 2.05) is 0 Å². The fourth-order valence-electron chi connectivity index (χ4n) is 1.28. The van der Waals surface area contributed by atoms with Crippen molar-refractivity contribution in [1.82, 2.24) is 14.7 Å². The lowest BCUT2D eigenvalue weighted by Gasteiger charge is -2.20. The molecule has 4 heteroatoms. The van der Waals surface area contributed by atoms with Crippen LogP contribution in [-0.2, 0) is 11.7 Å². The van der Waals surface area contributed by atoms with Crippen LogP contribution in [0, 0.1) is 0 Å². The van der Waals surface area contributed by atoms with Crippen molar-refractivity contribution in [3.63, 3.8) is 0 Å². The second-order valence-corrected chi connectivity index (χ2v) is 3.57. The van der Waals surface area contributed by atoms with E-state index in [-0.39, 0.29) is 4.68 Å². The maximum absolute atomic E-state index is 8.21. The van der Waals surface area contributed by atoms with Gasteiger partial charge in [0, 0.05) is 27.9 Å². The molecule has 1 aromatic carbocycles. The van der Waals surface area contributed by atoms with Gasteiger partial charge in [-0.05, 0) is 25.6 Å². The molecule has 0 spiro atoms. The molecule has 1 aromatic heterocycles. The first-order valence-electron chi connectivity index (χ1n) is 12.7. The van der Waals surface area contributed by atoms with Gasteiger partial charge in [-0.3, -0.25) is 4.68 Å². The van der Waals surface area contributed by atoms with Gasteiger partial charge in [-0.15, -0.1) is 0 Å². The zero-order valence-electron chi connectivity index (χ0n) is 25.0. The largest absolute Gasteiger partial charge is 0.366 e. The van der Waals surface area contributed by atoms with Crippen molar-refractivity contribution in [3.8, 4) is 0 Å². The molecule has 1 atom stereocenters. The third-order valence-electron chi connectivity index (χ3n) is 2.09. The first kappa shape index (κ1) is 4.17. The third kappa shape index (κ3) is 3.66. The maximum Gasteiger partial charge on any atom is 0.124 e. The zero-order valence-corrected chi connectivity index (χ0v) is 10.0. The molecule has 1 heterocycles. The van der Waals surface area contributed by atoms with Crippen molar-refractivity contribution >= 4 is 0 Å². The smallest absolute Gasteiger partial charge is 0.124 e. The summed E-state index contributed by atoms with van der Waals surface area (Å²) in [6.45, 7) is -9.64. The van der Waals surface area contributed by atoms with Crippen LogP contribution in [0.2, 0.25) is 0 Å². The third-order valence-corrected chi connectivity index (χ3v) is 2.09. The quantitative estimate of drug-likeness (QED) is 0.808. The number of likely N-dealkylation sites (N-methyl/N-ethyl adjacent to an activating group) is 1. The Kier molecular flexibility index (Phi) is 1.43. The SMILES string of the molecule is [2H]c1nn(C([2H])([2H])[2H])c(C(OC([2H])([2H])CN(C)C([2H])([2H])[2H])c2c([2H])c([2H])c([2H])c([2H])c2[2H])c1[2H]. The average molecular weight is 274 g/mol. The van der Waals surface area contributed by atoms with E-state index >= 15 is 0 Å². The summed E-state index contributed by atoms with van der Waals surface area (Å²) < 4.78 is 123. The molecule has 102 valence electrons. The van der Waals surface area contributed by atoms with Crippen molar-refractivity contribution in [2.24, 2.45) is 6.98 Å². The lowest BCUT2D eigenvalue weighted by atomic mass is 10.1. The fourth-order valence-corrected chi connectivity index (χ4v) is 1.28. The van der Waals surface area contributed by atoms with Gasteiger partial charge < -0.3 is 9.64 Å². The Hall–Kier alpha value is -1.65. The molecule has 19 heavy (non-hydrogen) atoms. The number of hydrogen-bond acceptors (Lipinski definition) is 3. The zero-order chi connectivity index (χ0) is 26.5. The van der Waals surface area contributed by atoms with Crippen molar-refractivity contribution in [3.05, 3.63) is 53.7 Å². The Labute approximate surface area is 135 Å². The molecular formula is C15H21N3O. The number of ether oxygens (including phenoxy) is 1. The van der Waals surface area contributed by atoms with Gasteiger partial charge in [0.25, 0.3) is 0 Å². The van der Waals surface area contributed by atoms with Gasteiger partial charge >= 0.3 is 0 Å². The second-order valence-electron chi connectivity index (χ2n) is 3.57. The van der Waals surface area contributed by atoms with Crippen LogP contribution < -0.4 is 0 Å². The summed E-state index contributed by atoms with van der Waals surface area (Å²) in [4.78, 5) is 0.616. The standard InChI is InChI=1S/C15H21N3O/c1-17(2)11-12-19-15(13-7-5-4-6-8-13)14-9-10-16-18(14)3/h4-10,15H,11-12H2,1-3H3/i1D3,3D3,4D,5D,6D,7D,8D,9D,10D,12D2. The maximum atomic E-state index is 8.21. The van der Waals surface area contributed by atoms with Crippen LogP contribution in [0.1, 0.15) is 37.9 Å². The van der Waals surface area contributed by atoms with Crippen LogP contribution in [0.5, 0.6) is 0 Å². The molecule has 2 rings (SSSR count). The predicted octanol–water partition coefficient (Wildman–Crippen LogP) is 2.09. The molecule has 0 aliphatic rings. The summed E-state index contributed by atoms with van der Waals surface area (Å²) in [5.74, 6) is 0. The van der Waals surface area contributed by atoms with Crippen LogP contribution >= 0.6 is 0 Å². The molecule has 0 N–H and O–H groups in total. The van der Waals surface area contributed by atoms with E-state index < -0.39 is 86.8 Å². The molecule has 1 unspecified atom stereocenters. The molecule has 0 aliphatic heterocycles. The van der Waals surface area contributed by atoms with E-state index in [9.17, 15) is 0 Å². The highest BCUT2D eigenvalue weighted by atomic mass is 16.5. The van der Waals surface area contributed by atoms with E-state index in [2.05, 4.69) is 5.10 Å². The fraction of sp³-hybridized carbons (Fsp3) is 0.400. The molecule has 0 aliphatic carbocycles. The van der Waals surface area contributed by atoms with Gasteiger partial charge in [-0.25, -0.2) is 0 Å². The van der Waals surface area contributed by atoms with E-state index in [1.54, 1.807) is 0 Å². The highest BCUT2D eigenvalue weighted by Gasteiger charge is 2.17. The minimum absolute atomic E-state index is 0.215. The molecule has 0 saturated carbocycles. The number of rotatable bonds is 6. The summed E-state index contributed by atoms with van der Waals surface area (Å²) in [7, 11) is 1.07. The number of nitrogens with zero attached hydrogens (tertiary/aromatic N) is 3. The minimum Gasteiger partial charge on any atom is -0.366 e. The molecular weight excluding hydrogens is 238 g/mol. The Morgan fingerprint density at radius 2 is 2.32 bits per heavy atom. The van der Waals surface area contributed by atoms with Crippen LogP contribution in [0.4, 0.5) is 0 Å². The molecule has 0 bridgehead atoms. The highest BCUT2D eigenvalue weighted by Crippen LogP contribution is 2.25. The van der Waals surface area contributed by atoms with Gasteiger partial charge in [-0.1, -0.05) is 30.2 Å². The van der Waals surface area contributed by atoms with E-state index in [4.69, 9.17) is 25.3 Å². The van der Waals surface area contributed by atoms with Crippen LogP contribution in [0.3, 0.4) is 0 Å². The topological polar surface area (TPSA) is 30.3 Å². The summed E-state index contributed by atoms with van der Waals surface area (Å²) in [6, 6.07) is -5.00. The van der Waals surface area contributed by atoms with Gasteiger partial charge in [0.15, 0.2) is 0 Å². The predicted molar refractivity (Wildman–Crippen MR) is 76.0 cm³/mol. The number of aryl methyl sites for hydroxylation is 1. The Morgan fingerprint density at radius 1 is 1.47 bits per heavy atom. The number of benzene rings is 1. The first-order chi connectivity index (χ1) is 15.2. The lowest BCUT2D eigenvalue weighted by Crippen LogP contribution is -2.20. The van der Waals surface area contributed by atoms with Crippen LogP contribution in [0.25, 0.3) is 0 Å². The molecule has 2 aromatic rings. The lowest BCUT2D eigenvalue weighted by molar-refractivity contribution is 0.0638. The van der Waals surface area contributed by atoms with E-state index in [1.165, 1.54) is 0 Å². The van der Waals surface area contributed by atoms with Crippen LogP contribution in [0.15, 0.2) is 42.4 Å². The highest BCUT2D eigenvalue weighted by molar-refractivity contribution is 5.25. The van der Waals surface area contributed by atoms with Crippen molar-refractivity contribution in [2.45, 2.75) is 6.10 Å². The van der Waals surface area contributed by atoms with Gasteiger partial charge in [0.05, 0.1) is 24.6 Å².